The second kappa shape index (κ2) is 4.47. The molecule has 1 spiro atoms. The topological polar surface area (TPSA) is 26.3 Å². The van der Waals surface area contributed by atoms with Crippen LogP contribution in [-0.2, 0) is 9.53 Å². The lowest BCUT2D eigenvalue weighted by Crippen LogP contribution is -2.32. The van der Waals surface area contributed by atoms with Gasteiger partial charge in [0.2, 0.25) is 5.78 Å². The Morgan fingerprint density at radius 1 is 1.12 bits per heavy atom. The molecule has 94 valence electrons. The first-order chi connectivity index (χ1) is 8.28. The molecule has 0 bridgehead atoms. The Morgan fingerprint density at radius 2 is 1.82 bits per heavy atom. The molecule has 0 atom stereocenters. The van der Waals surface area contributed by atoms with Crippen LogP contribution in [0.4, 0.5) is 0 Å². The fourth-order valence-corrected chi connectivity index (χ4v) is 3.68. The molecular formula is C15H22O2. The van der Waals surface area contributed by atoms with Crippen molar-refractivity contribution in [3.8, 4) is 0 Å². The molecule has 0 aromatic rings. The van der Waals surface area contributed by atoms with E-state index in [1.807, 2.05) is 0 Å². The summed E-state index contributed by atoms with van der Waals surface area (Å²) in [6.45, 7) is 0. The van der Waals surface area contributed by atoms with Crippen molar-refractivity contribution in [3.05, 3.63) is 11.8 Å². The number of hydrogen-bond donors (Lipinski definition) is 0. The maximum Gasteiger partial charge on any atom is 0.202 e. The predicted molar refractivity (Wildman–Crippen MR) is 66.6 cm³/mol. The number of rotatable bonds is 2. The van der Waals surface area contributed by atoms with Gasteiger partial charge in [0.1, 0.15) is 5.76 Å². The zero-order valence-corrected chi connectivity index (χ0v) is 10.5. The lowest BCUT2D eigenvalue weighted by Gasteiger charge is -2.25. The van der Waals surface area contributed by atoms with Gasteiger partial charge < -0.3 is 4.74 Å². The van der Waals surface area contributed by atoms with Crippen LogP contribution in [0.1, 0.15) is 64.2 Å². The second-order valence-corrected chi connectivity index (χ2v) is 5.99. The van der Waals surface area contributed by atoms with Crippen LogP contribution in [0.15, 0.2) is 11.8 Å². The minimum Gasteiger partial charge on any atom is -0.483 e. The number of ether oxygens (including phenoxy) is 1. The summed E-state index contributed by atoms with van der Waals surface area (Å²) in [5, 5.41) is 0. The predicted octanol–water partition coefficient (Wildman–Crippen LogP) is 3.75. The van der Waals surface area contributed by atoms with Crippen LogP contribution in [0.5, 0.6) is 0 Å². The highest BCUT2D eigenvalue weighted by Crippen LogP contribution is 2.42. The molecular weight excluding hydrogens is 212 g/mol. The van der Waals surface area contributed by atoms with E-state index in [4.69, 9.17) is 4.74 Å². The van der Waals surface area contributed by atoms with Gasteiger partial charge in [-0.05, 0) is 31.6 Å². The van der Waals surface area contributed by atoms with Gasteiger partial charge in [0.05, 0.1) is 0 Å². The number of hydrogen-bond acceptors (Lipinski definition) is 2. The van der Waals surface area contributed by atoms with Crippen molar-refractivity contribution in [3.63, 3.8) is 0 Å². The first-order valence-corrected chi connectivity index (χ1v) is 7.23. The summed E-state index contributed by atoms with van der Waals surface area (Å²) < 4.78 is 6.04. The van der Waals surface area contributed by atoms with Crippen LogP contribution in [-0.4, -0.2) is 11.4 Å². The number of carbonyl (C=O) groups excluding carboxylic acids is 1. The van der Waals surface area contributed by atoms with Crippen LogP contribution in [0.3, 0.4) is 0 Å². The Kier molecular flexibility index (Phi) is 2.97. The first kappa shape index (κ1) is 11.3. The molecule has 2 aliphatic carbocycles. The number of allylic oxidation sites excluding steroid dienone is 1. The smallest absolute Gasteiger partial charge is 0.202 e. The maximum absolute atomic E-state index is 12.0. The molecule has 0 aromatic carbocycles. The van der Waals surface area contributed by atoms with E-state index in [1.54, 1.807) is 6.08 Å². The average Bonchev–Trinajstić information content (AvgIpc) is 2.90. The third-order valence-corrected chi connectivity index (χ3v) is 4.69. The largest absolute Gasteiger partial charge is 0.483 e. The van der Waals surface area contributed by atoms with Crippen molar-refractivity contribution >= 4 is 5.78 Å². The Bertz CT molecular complexity index is 331. The monoisotopic (exact) mass is 234 g/mol. The van der Waals surface area contributed by atoms with E-state index in [0.717, 1.165) is 43.8 Å². The molecule has 0 aromatic heterocycles. The highest BCUT2D eigenvalue weighted by Gasteiger charge is 2.46. The summed E-state index contributed by atoms with van der Waals surface area (Å²) in [6, 6.07) is 0. The SMILES string of the molecule is O=C1C=C(CC2CCCCC2)OC12CCCC2. The molecule has 0 N–H and O–H groups in total. The van der Waals surface area contributed by atoms with Gasteiger partial charge in [-0.3, -0.25) is 4.79 Å². The van der Waals surface area contributed by atoms with Crippen LogP contribution in [0.2, 0.25) is 0 Å². The van der Waals surface area contributed by atoms with E-state index in [2.05, 4.69) is 0 Å². The van der Waals surface area contributed by atoms with Gasteiger partial charge in [-0.2, -0.15) is 0 Å². The molecule has 17 heavy (non-hydrogen) atoms. The van der Waals surface area contributed by atoms with Gasteiger partial charge in [-0.25, -0.2) is 0 Å². The zero-order valence-electron chi connectivity index (χ0n) is 10.5. The first-order valence-electron chi connectivity index (χ1n) is 7.23. The standard InChI is InChI=1S/C15H22O2/c16-14-11-13(10-12-6-2-1-3-7-12)17-15(14)8-4-5-9-15/h11-12H,1-10H2. The van der Waals surface area contributed by atoms with Crippen LogP contribution in [0.25, 0.3) is 0 Å². The molecule has 1 aliphatic heterocycles. The summed E-state index contributed by atoms with van der Waals surface area (Å²) in [6.07, 6.45) is 13.7. The Labute approximate surface area is 103 Å². The van der Waals surface area contributed by atoms with E-state index >= 15 is 0 Å². The third-order valence-electron chi connectivity index (χ3n) is 4.69. The summed E-state index contributed by atoms with van der Waals surface area (Å²) >= 11 is 0. The summed E-state index contributed by atoms with van der Waals surface area (Å²) in [5.74, 6) is 2.00. The lowest BCUT2D eigenvalue weighted by atomic mass is 9.86. The van der Waals surface area contributed by atoms with Gasteiger partial charge in [-0.1, -0.05) is 32.1 Å². The normalized spacial score (nSPS) is 28.5. The van der Waals surface area contributed by atoms with E-state index in [-0.39, 0.29) is 5.78 Å². The van der Waals surface area contributed by atoms with E-state index in [0.29, 0.717) is 0 Å². The summed E-state index contributed by atoms with van der Waals surface area (Å²) in [4.78, 5) is 12.0. The van der Waals surface area contributed by atoms with Crippen molar-refractivity contribution in [2.75, 3.05) is 0 Å². The minimum absolute atomic E-state index is 0.251. The highest BCUT2D eigenvalue weighted by atomic mass is 16.5. The molecule has 3 rings (SSSR count). The molecule has 0 amide bonds. The van der Waals surface area contributed by atoms with Crippen LogP contribution in [0, 0.1) is 5.92 Å². The van der Waals surface area contributed by atoms with E-state index in [9.17, 15) is 4.79 Å². The molecule has 0 saturated heterocycles. The molecule has 0 unspecified atom stereocenters. The van der Waals surface area contributed by atoms with Crippen molar-refractivity contribution in [1.82, 2.24) is 0 Å². The molecule has 2 fully saturated rings. The molecule has 0 radical (unpaired) electrons. The lowest BCUT2D eigenvalue weighted by molar-refractivity contribution is -0.129. The zero-order chi connectivity index (χ0) is 11.7. The molecule has 1 heterocycles. The van der Waals surface area contributed by atoms with Gasteiger partial charge in [0, 0.05) is 12.5 Å². The maximum atomic E-state index is 12.0. The molecule has 2 heteroatoms. The van der Waals surface area contributed by atoms with E-state index in [1.165, 1.54) is 32.1 Å². The second-order valence-electron chi connectivity index (χ2n) is 5.99. The average molecular weight is 234 g/mol. The van der Waals surface area contributed by atoms with Gasteiger partial charge in [-0.15, -0.1) is 0 Å². The molecule has 3 aliphatic rings. The van der Waals surface area contributed by atoms with Gasteiger partial charge in [0.15, 0.2) is 5.60 Å². The van der Waals surface area contributed by atoms with Crippen molar-refractivity contribution in [2.45, 2.75) is 69.8 Å². The Hall–Kier alpha value is -0.790. The van der Waals surface area contributed by atoms with Gasteiger partial charge >= 0.3 is 0 Å². The van der Waals surface area contributed by atoms with Crippen LogP contribution < -0.4 is 0 Å². The summed E-state index contributed by atoms with van der Waals surface area (Å²) in [5.41, 5.74) is -0.413. The van der Waals surface area contributed by atoms with Crippen LogP contribution >= 0.6 is 0 Å². The molecule has 2 saturated carbocycles. The Balaban J connectivity index is 1.61. The molecule has 2 nitrogen and oxygen atoms in total. The number of ketones is 1. The fraction of sp³-hybridized carbons (Fsp3) is 0.800. The van der Waals surface area contributed by atoms with E-state index < -0.39 is 5.60 Å². The Morgan fingerprint density at radius 3 is 2.53 bits per heavy atom. The quantitative estimate of drug-likeness (QED) is 0.727. The number of carbonyl (C=O) groups is 1. The highest BCUT2D eigenvalue weighted by molar-refractivity contribution is 5.99. The van der Waals surface area contributed by atoms with Crippen molar-refractivity contribution in [1.29, 1.82) is 0 Å². The summed E-state index contributed by atoms with van der Waals surface area (Å²) in [7, 11) is 0. The van der Waals surface area contributed by atoms with Crippen molar-refractivity contribution < 1.29 is 9.53 Å². The minimum atomic E-state index is -0.413. The van der Waals surface area contributed by atoms with Gasteiger partial charge in [0.25, 0.3) is 0 Å². The fourth-order valence-electron chi connectivity index (χ4n) is 3.68. The third kappa shape index (κ3) is 2.14. The van der Waals surface area contributed by atoms with Crippen molar-refractivity contribution in [2.24, 2.45) is 5.92 Å².